The molecule has 0 saturated carbocycles. The number of nitrogens with zero attached hydrogens (tertiary/aromatic N) is 2. The number of nitrogens with one attached hydrogen (secondary N) is 1. The summed E-state index contributed by atoms with van der Waals surface area (Å²) in [6, 6.07) is 1.30. The maximum atomic E-state index is 13.3. The highest BCUT2D eigenvalue weighted by Gasteiger charge is 2.18. The van der Waals surface area contributed by atoms with E-state index in [1.807, 2.05) is 11.5 Å². The minimum atomic E-state index is -1.49. The second-order valence-corrected chi connectivity index (χ2v) is 4.35. The Morgan fingerprint density at radius 2 is 1.95 bits per heavy atom. The molecule has 0 fully saturated rings. The van der Waals surface area contributed by atoms with Gasteiger partial charge >= 0.3 is 0 Å². The van der Waals surface area contributed by atoms with Crippen LogP contribution in [0.15, 0.2) is 24.5 Å². The van der Waals surface area contributed by atoms with Crippen molar-refractivity contribution in [2.24, 2.45) is 5.84 Å². The summed E-state index contributed by atoms with van der Waals surface area (Å²) < 4.78 is 41.4. The first-order chi connectivity index (χ1) is 9.56. The third-order valence-corrected chi connectivity index (χ3v) is 3.14. The summed E-state index contributed by atoms with van der Waals surface area (Å²) in [6.45, 7) is 2.67. The number of rotatable bonds is 5. The summed E-state index contributed by atoms with van der Waals surface area (Å²) in [6.07, 6.45) is 3.77. The smallest absolute Gasteiger partial charge is 0.194 e. The predicted octanol–water partition coefficient (Wildman–Crippen LogP) is 2.07. The Kier molecular flexibility index (Phi) is 4.41. The molecular weight excluding hydrogens is 269 g/mol. The summed E-state index contributed by atoms with van der Waals surface area (Å²) in [5, 5.41) is 0. The highest BCUT2D eigenvalue weighted by atomic mass is 19.2. The van der Waals surface area contributed by atoms with Gasteiger partial charge < -0.3 is 4.57 Å². The van der Waals surface area contributed by atoms with Gasteiger partial charge in [0.25, 0.3) is 0 Å². The molecule has 0 radical (unpaired) electrons. The molecule has 0 aliphatic rings. The fourth-order valence-electron chi connectivity index (χ4n) is 2.05. The average molecular weight is 284 g/mol. The molecule has 1 atom stereocenters. The lowest BCUT2D eigenvalue weighted by Gasteiger charge is -2.17. The number of imidazole rings is 1. The van der Waals surface area contributed by atoms with E-state index >= 15 is 0 Å². The van der Waals surface area contributed by atoms with Gasteiger partial charge in [-0.2, -0.15) is 0 Å². The van der Waals surface area contributed by atoms with Gasteiger partial charge in [0.2, 0.25) is 0 Å². The van der Waals surface area contributed by atoms with Gasteiger partial charge in [-0.1, -0.05) is 0 Å². The van der Waals surface area contributed by atoms with Gasteiger partial charge in [0.1, 0.15) is 5.82 Å². The molecule has 0 aliphatic heterocycles. The van der Waals surface area contributed by atoms with Crippen molar-refractivity contribution >= 4 is 0 Å². The van der Waals surface area contributed by atoms with E-state index in [1.165, 1.54) is 0 Å². The highest BCUT2D eigenvalue weighted by molar-refractivity contribution is 5.23. The minimum Gasteiger partial charge on any atom is -0.335 e. The van der Waals surface area contributed by atoms with Crippen LogP contribution in [0.3, 0.4) is 0 Å². The van der Waals surface area contributed by atoms with E-state index in [2.05, 4.69) is 10.4 Å². The number of hydrogen-bond donors (Lipinski definition) is 2. The summed E-state index contributed by atoms with van der Waals surface area (Å²) in [5.74, 6) is 2.19. The zero-order valence-electron chi connectivity index (χ0n) is 10.9. The number of halogens is 3. The van der Waals surface area contributed by atoms with Crippen molar-refractivity contribution in [3.63, 3.8) is 0 Å². The standard InChI is InChI=1S/C13H15F3N4/c1-2-20-4-3-18-12(20)7-11(19-17)8-5-9(14)13(16)10(15)6-8/h3-6,11,19H,2,7,17H2,1H3. The van der Waals surface area contributed by atoms with E-state index in [9.17, 15) is 13.2 Å². The molecular formula is C13H15F3N4. The van der Waals surface area contributed by atoms with E-state index in [1.54, 1.807) is 12.4 Å². The lowest BCUT2D eigenvalue weighted by Crippen LogP contribution is -2.30. The van der Waals surface area contributed by atoms with Crippen molar-refractivity contribution in [2.45, 2.75) is 25.9 Å². The summed E-state index contributed by atoms with van der Waals surface area (Å²) in [5.41, 5.74) is 2.70. The maximum absolute atomic E-state index is 13.3. The first-order valence-corrected chi connectivity index (χ1v) is 6.17. The summed E-state index contributed by atoms with van der Waals surface area (Å²) in [7, 11) is 0. The van der Waals surface area contributed by atoms with Crippen LogP contribution in [-0.4, -0.2) is 9.55 Å². The monoisotopic (exact) mass is 284 g/mol. The lowest BCUT2D eigenvalue weighted by molar-refractivity contribution is 0.438. The molecule has 0 saturated heterocycles. The second kappa shape index (κ2) is 6.06. The van der Waals surface area contributed by atoms with Crippen molar-refractivity contribution in [3.8, 4) is 0 Å². The summed E-state index contributed by atoms with van der Waals surface area (Å²) >= 11 is 0. The van der Waals surface area contributed by atoms with Crippen LogP contribution in [0.5, 0.6) is 0 Å². The molecule has 0 bridgehead atoms. The highest BCUT2D eigenvalue weighted by Crippen LogP contribution is 2.21. The lowest BCUT2D eigenvalue weighted by atomic mass is 10.0. The molecule has 0 aliphatic carbocycles. The number of hydrogen-bond acceptors (Lipinski definition) is 3. The van der Waals surface area contributed by atoms with Gasteiger partial charge in [-0.3, -0.25) is 11.3 Å². The van der Waals surface area contributed by atoms with Crippen molar-refractivity contribution < 1.29 is 13.2 Å². The van der Waals surface area contributed by atoms with Crippen LogP contribution in [0, 0.1) is 17.5 Å². The van der Waals surface area contributed by atoms with Crippen LogP contribution in [0.4, 0.5) is 13.2 Å². The third kappa shape index (κ3) is 2.83. The first kappa shape index (κ1) is 14.5. The zero-order valence-corrected chi connectivity index (χ0v) is 10.9. The molecule has 1 heterocycles. The van der Waals surface area contributed by atoms with Gasteiger partial charge in [-0.15, -0.1) is 0 Å². The van der Waals surface area contributed by atoms with Crippen molar-refractivity contribution in [1.82, 2.24) is 15.0 Å². The van der Waals surface area contributed by atoms with Gasteiger partial charge in [-0.25, -0.2) is 18.2 Å². The van der Waals surface area contributed by atoms with Gasteiger partial charge in [-0.05, 0) is 24.6 Å². The van der Waals surface area contributed by atoms with Crippen LogP contribution in [0.25, 0.3) is 0 Å². The molecule has 20 heavy (non-hydrogen) atoms. The molecule has 2 aromatic rings. The Bertz CT molecular complexity index is 574. The molecule has 2 rings (SSSR count). The van der Waals surface area contributed by atoms with E-state index in [0.29, 0.717) is 6.42 Å². The minimum absolute atomic E-state index is 0.231. The van der Waals surface area contributed by atoms with Crippen molar-refractivity contribution in [3.05, 3.63) is 53.4 Å². The molecule has 3 N–H and O–H groups in total. The molecule has 0 amide bonds. The van der Waals surface area contributed by atoms with Crippen molar-refractivity contribution in [2.75, 3.05) is 0 Å². The van der Waals surface area contributed by atoms with Crippen molar-refractivity contribution in [1.29, 1.82) is 0 Å². The van der Waals surface area contributed by atoms with Gasteiger partial charge in [0.15, 0.2) is 17.5 Å². The second-order valence-electron chi connectivity index (χ2n) is 4.35. The Morgan fingerprint density at radius 1 is 1.30 bits per heavy atom. The molecule has 108 valence electrons. The van der Waals surface area contributed by atoms with E-state index in [-0.39, 0.29) is 5.56 Å². The zero-order chi connectivity index (χ0) is 14.7. The van der Waals surface area contributed by atoms with Gasteiger partial charge in [0, 0.05) is 25.4 Å². The quantitative estimate of drug-likeness (QED) is 0.502. The fourth-order valence-corrected chi connectivity index (χ4v) is 2.05. The normalized spacial score (nSPS) is 12.7. The molecule has 4 nitrogen and oxygen atoms in total. The SMILES string of the molecule is CCn1ccnc1CC(NN)c1cc(F)c(F)c(F)c1. The molecule has 1 unspecified atom stereocenters. The Balaban J connectivity index is 2.29. The summed E-state index contributed by atoms with van der Waals surface area (Å²) in [4.78, 5) is 4.17. The molecule has 1 aromatic carbocycles. The number of hydrazine groups is 1. The van der Waals surface area contributed by atoms with E-state index in [4.69, 9.17) is 5.84 Å². The Hall–Kier alpha value is -1.86. The number of aromatic nitrogens is 2. The molecule has 0 spiro atoms. The molecule has 7 heteroatoms. The number of aryl methyl sites for hydroxylation is 1. The van der Waals surface area contributed by atoms with Crippen LogP contribution in [0.2, 0.25) is 0 Å². The van der Waals surface area contributed by atoms with Crippen LogP contribution >= 0.6 is 0 Å². The topological polar surface area (TPSA) is 55.9 Å². The average Bonchev–Trinajstić information content (AvgIpc) is 2.88. The maximum Gasteiger partial charge on any atom is 0.194 e. The van der Waals surface area contributed by atoms with Crippen LogP contribution < -0.4 is 11.3 Å². The molecule has 1 aromatic heterocycles. The largest absolute Gasteiger partial charge is 0.335 e. The predicted molar refractivity (Wildman–Crippen MR) is 68.0 cm³/mol. The Labute approximate surface area is 114 Å². The van der Waals surface area contributed by atoms with Gasteiger partial charge in [0.05, 0.1) is 6.04 Å². The number of nitrogens with two attached hydrogens (primary N) is 1. The fraction of sp³-hybridized carbons (Fsp3) is 0.308. The Morgan fingerprint density at radius 3 is 2.50 bits per heavy atom. The van der Waals surface area contributed by atoms with E-state index in [0.717, 1.165) is 24.5 Å². The first-order valence-electron chi connectivity index (χ1n) is 6.17. The third-order valence-electron chi connectivity index (χ3n) is 3.14. The number of benzene rings is 1. The van der Waals surface area contributed by atoms with Crippen LogP contribution in [-0.2, 0) is 13.0 Å². The van der Waals surface area contributed by atoms with Crippen LogP contribution in [0.1, 0.15) is 24.4 Å². The van der Waals surface area contributed by atoms with E-state index < -0.39 is 23.5 Å².